The first-order chi connectivity index (χ1) is 15.7. The maximum Gasteiger partial charge on any atom is 0.253 e. The van der Waals surface area contributed by atoms with E-state index >= 15 is 0 Å². The van der Waals surface area contributed by atoms with Crippen molar-refractivity contribution in [2.24, 2.45) is 0 Å². The highest BCUT2D eigenvalue weighted by Crippen LogP contribution is 2.39. The van der Waals surface area contributed by atoms with Gasteiger partial charge in [0.15, 0.2) is 0 Å². The number of amides is 1. The fraction of sp³-hybridized carbons (Fsp3) is 0.269. The highest BCUT2D eigenvalue weighted by Gasteiger charge is 2.34. The number of fused-ring (bicyclic) bond motifs is 1. The minimum Gasteiger partial charge on any atom is -0.351 e. The van der Waals surface area contributed by atoms with E-state index in [9.17, 15) is 9.18 Å². The van der Waals surface area contributed by atoms with Crippen molar-refractivity contribution in [3.8, 4) is 5.95 Å². The molecule has 0 bridgehead atoms. The van der Waals surface area contributed by atoms with E-state index in [1.807, 2.05) is 41.0 Å². The first-order valence-corrected chi connectivity index (χ1v) is 11.1. The van der Waals surface area contributed by atoms with Gasteiger partial charge < -0.3 is 5.32 Å². The summed E-state index contributed by atoms with van der Waals surface area (Å²) < 4.78 is 15.4. The smallest absolute Gasteiger partial charge is 0.253 e. The highest BCUT2D eigenvalue weighted by molar-refractivity contribution is 6.07. The molecule has 1 aliphatic rings. The van der Waals surface area contributed by atoms with Gasteiger partial charge in [0.05, 0.1) is 11.1 Å². The Morgan fingerprint density at radius 1 is 0.969 bits per heavy atom. The van der Waals surface area contributed by atoms with E-state index in [0.717, 1.165) is 42.1 Å². The van der Waals surface area contributed by atoms with Gasteiger partial charge in [-0.1, -0.05) is 49.6 Å². The van der Waals surface area contributed by atoms with E-state index in [2.05, 4.69) is 15.3 Å². The third kappa shape index (κ3) is 3.77. The van der Waals surface area contributed by atoms with Gasteiger partial charge in [0, 0.05) is 35.9 Å². The zero-order valence-electron chi connectivity index (χ0n) is 17.8. The lowest BCUT2D eigenvalue weighted by atomic mass is 9.69. The summed E-state index contributed by atoms with van der Waals surface area (Å²) in [6.07, 6.45) is 10.6. The molecule has 1 N–H and O–H groups in total. The van der Waals surface area contributed by atoms with E-state index < -0.39 is 0 Å². The predicted molar refractivity (Wildman–Crippen MR) is 122 cm³/mol. The number of nitrogens with zero attached hydrogens (tertiary/aromatic N) is 3. The van der Waals surface area contributed by atoms with E-state index in [-0.39, 0.29) is 17.1 Å². The van der Waals surface area contributed by atoms with Crippen molar-refractivity contribution in [3.63, 3.8) is 0 Å². The SMILES string of the molecule is O=C(NCC1(c2ccc(F)cc2)CCCCC1)c1cn(-c2ncccn2)c2ccccc12. The summed E-state index contributed by atoms with van der Waals surface area (Å²) in [5.41, 5.74) is 2.41. The van der Waals surface area contributed by atoms with Gasteiger partial charge in [-0.25, -0.2) is 14.4 Å². The average molecular weight is 429 g/mol. The number of halogens is 1. The van der Waals surface area contributed by atoms with Crippen molar-refractivity contribution in [1.29, 1.82) is 0 Å². The zero-order chi connectivity index (χ0) is 22.0. The number of nitrogens with one attached hydrogen (secondary N) is 1. The molecule has 162 valence electrons. The van der Waals surface area contributed by atoms with Crippen molar-refractivity contribution < 1.29 is 9.18 Å². The van der Waals surface area contributed by atoms with Gasteiger partial charge in [-0.05, 0) is 42.7 Å². The molecule has 0 atom stereocenters. The number of aromatic nitrogens is 3. The van der Waals surface area contributed by atoms with E-state index in [1.54, 1.807) is 24.7 Å². The molecule has 2 heterocycles. The minimum absolute atomic E-state index is 0.122. The Kier molecular flexibility index (Phi) is 5.43. The first-order valence-electron chi connectivity index (χ1n) is 11.1. The molecule has 5 rings (SSSR count). The van der Waals surface area contributed by atoms with Gasteiger partial charge in [-0.3, -0.25) is 9.36 Å². The number of hydrogen-bond donors (Lipinski definition) is 1. The molecule has 0 unspecified atom stereocenters. The van der Waals surface area contributed by atoms with Crippen molar-refractivity contribution in [2.75, 3.05) is 6.54 Å². The van der Waals surface area contributed by atoms with E-state index in [1.165, 1.54) is 18.6 Å². The summed E-state index contributed by atoms with van der Waals surface area (Å²) >= 11 is 0. The standard InChI is InChI=1S/C26H25FN4O/c27-20-11-9-19(10-12-20)26(13-4-1-5-14-26)18-30-24(32)22-17-31(25-28-15-6-16-29-25)23-8-3-2-7-21(22)23/h2-3,6-12,15-17H,1,4-5,13-14,18H2,(H,30,32). The van der Waals surface area contributed by atoms with Crippen LogP contribution in [0.25, 0.3) is 16.9 Å². The lowest BCUT2D eigenvalue weighted by Gasteiger charge is -2.38. The Morgan fingerprint density at radius 3 is 2.44 bits per heavy atom. The van der Waals surface area contributed by atoms with Crippen molar-refractivity contribution in [3.05, 3.63) is 90.1 Å². The molecule has 0 aliphatic heterocycles. The second-order valence-corrected chi connectivity index (χ2v) is 8.51. The molecule has 1 fully saturated rings. The topological polar surface area (TPSA) is 59.8 Å². The summed E-state index contributed by atoms with van der Waals surface area (Å²) in [5.74, 6) is 0.167. The fourth-order valence-electron chi connectivity index (χ4n) is 4.89. The minimum atomic E-state index is -0.236. The number of hydrogen-bond acceptors (Lipinski definition) is 3. The van der Waals surface area contributed by atoms with Gasteiger partial charge in [0.2, 0.25) is 5.95 Å². The van der Waals surface area contributed by atoms with Crippen molar-refractivity contribution in [2.45, 2.75) is 37.5 Å². The number of benzene rings is 2. The second kappa shape index (κ2) is 8.54. The molecule has 0 spiro atoms. The number of rotatable bonds is 5. The molecule has 2 aromatic heterocycles. The van der Waals surface area contributed by atoms with Crippen LogP contribution in [0.1, 0.15) is 48.0 Å². The average Bonchev–Trinajstić information content (AvgIpc) is 3.24. The molecule has 1 aliphatic carbocycles. The van der Waals surface area contributed by atoms with Gasteiger partial charge >= 0.3 is 0 Å². The molecule has 1 saturated carbocycles. The maximum atomic E-state index is 13.5. The lowest BCUT2D eigenvalue weighted by molar-refractivity contribution is 0.0938. The Bertz CT molecular complexity index is 1230. The number of para-hydroxylation sites is 1. The van der Waals surface area contributed by atoms with Crippen LogP contribution < -0.4 is 5.32 Å². The van der Waals surface area contributed by atoms with Crippen LogP contribution in [-0.2, 0) is 5.41 Å². The molecule has 2 aromatic carbocycles. The van der Waals surface area contributed by atoms with Gasteiger partial charge in [0.25, 0.3) is 5.91 Å². The van der Waals surface area contributed by atoms with Crippen LogP contribution in [0.3, 0.4) is 0 Å². The third-order valence-corrected chi connectivity index (χ3v) is 6.58. The van der Waals surface area contributed by atoms with Crippen LogP contribution in [0.2, 0.25) is 0 Å². The van der Waals surface area contributed by atoms with Crippen LogP contribution in [0.4, 0.5) is 4.39 Å². The summed E-state index contributed by atoms with van der Waals surface area (Å²) in [7, 11) is 0. The van der Waals surface area contributed by atoms with Crippen LogP contribution >= 0.6 is 0 Å². The highest BCUT2D eigenvalue weighted by atomic mass is 19.1. The quantitative estimate of drug-likeness (QED) is 0.476. The number of carbonyl (C=O) groups is 1. The zero-order valence-corrected chi connectivity index (χ0v) is 17.8. The van der Waals surface area contributed by atoms with E-state index in [4.69, 9.17) is 0 Å². The first kappa shape index (κ1) is 20.4. The Morgan fingerprint density at radius 2 is 1.69 bits per heavy atom. The number of carbonyl (C=O) groups excluding carboxylic acids is 1. The van der Waals surface area contributed by atoms with Crippen LogP contribution in [0.15, 0.2) is 73.2 Å². The Balaban J connectivity index is 1.45. The summed E-state index contributed by atoms with van der Waals surface area (Å²) in [5, 5.41) is 4.05. The summed E-state index contributed by atoms with van der Waals surface area (Å²) in [6.45, 7) is 0.527. The summed E-state index contributed by atoms with van der Waals surface area (Å²) in [6, 6.07) is 16.3. The van der Waals surface area contributed by atoms with Crippen LogP contribution in [0.5, 0.6) is 0 Å². The molecule has 0 saturated heterocycles. The normalized spacial score (nSPS) is 15.5. The monoisotopic (exact) mass is 428 g/mol. The molecular weight excluding hydrogens is 403 g/mol. The fourth-order valence-corrected chi connectivity index (χ4v) is 4.89. The third-order valence-electron chi connectivity index (χ3n) is 6.58. The van der Waals surface area contributed by atoms with E-state index in [0.29, 0.717) is 18.1 Å². The maximum absolute atomic E-state index is 13.5. The van der Waals surface area contributed by atoms with Crippen molar-refractivity contribution >= 4 is 16.8 Å². The van der Waals surface area contributed by atoms with Gasteiger partial charge in [0.1, 0.15) is 5.82 Å². The molecular formula is C26H25FN4O. The van der Waals surface area contributed by atoms with Crippen LogP contribution in [0, 0.1) is 5.82 Å². The Hall–Kier alpha value is -3.54. The van der Waals surface area contributed by atoms with Gasteiger partial charge in [-0.2, -0.15) is 0 Å². The molecule has 0 radical (unpaired) electrons. The van der Waals surface area contributed by atoms with Crippen molar-refractivity contribution in [1.82, 2.24) is 19.9 Å². The molecule has 4 aromatic rings. The lowest BCUT2D eigenvalue weighted by Crippen LogP contribution is -2.42. The van der Waals surface area contributed by atoms with Gasteiger partial charge in [-0.15, -0.1) is 0 Å². The second-order valence-electron chi connectivity index (χ2n) is 8.51. The predicted octanol–water partition coefficient (Wildman–Crippen LogP) is 5.19. The molecule has 5 nitrogen and oxygen atoms in total. The molecule has 6 heteroatoms. The summed E-state index contributed by atoms with van der Waals surface area (Å²) in [4.78, 5) is 22.0. The largest absolute Gasteiger partial charge is 0.351 e. The molecule has 32 heavy (non-hydrogen) atoms. The Labute approximate surface area is 186 Å². The van der Waals surface area contributed by atoms with Crippen LogP contribution in [-0.4, -0.2) is 27.0 Å². The molecule has 1 amide bonds.